The van der Waals surface area contributed by atoms with Crippen LogP contribution < -0.4 is 0 Å². The van der Waals surface area contributed by atoms with E-state index in [1.807, 2.05) is 25.1 Å². The van der Waals surface area contributed by atoms with Gasteiger partial charge in [-0.1, -0.05) is 30.3 Å². The molecule has 0 bridgehead atoms. The highest BCUT2D eigenvalue weighted by Gasteiger charge is 2.53. The Morgan fingerprint density at radius 1 is 1.08 bits per heavy atom. The molecule has 3 rings (SSSR count). The molecule has 26 heavy (non-hydrogen) atoms. The highest BCUT2D eigenvalue weighted by molar-refractivity contribution is 5.94. The number of aliphatic hydroxyl groups excluding tert-OH is 1. The first-order chi connectivity index (χ1) is 12.0. The summed E-state index contributed by atoms with van der Waals surface area (Å²) in [5, 5.41) is 10.9. The Kier molecular flexibility index (Phi) is 4.53. The topological polar surface area (TPSA) is 46.5 Å². The van der Waals surface area contributed by atoms with Crippen molar-refractivity contribution in [1.82, 2.24) is 0 Å². The summed E-state index contributed by atoms with van der Waals surface area (Å²) in [5.41, 5.74) is 0.881. The summed E-state index contributed by atoms with van der Waals surface area (Å²) in [6.45, 7) is 8.93. The first kappa shape index (κ1) is 18.7. The van der Waals surface area contributed by atoms with E-state index in [4.69, 9.17) is 4.74 Å². The molecule has 0 spiro atoms. The molecule has 2 atom stereocenters. The van der Waals surface area contributed by atoms with Crippen LogP contribution in [0, 0.1) is 12.7 Å². The highest BCUT2D eigenvalue weighted by atomic mass is 19.1. The van der Waals surface area contributed by atoms with Gasteiger partial charge >= 0.3 is 0 Å². The van der Waals surface area contributed by atoms with Gasteiger partial charge in [-0.15, -0.1) is 0 Å². The first-order valence-electron chi connectivity index (χ1n) is 8.82. The van der Waals surface area contributed by atoms with Crippen LogP contribution in [0.25, 0.3) is 11.1 Å². The zero-order chi connectivity index (χ0) is 19.3. The first-order valence-corrected chi connectivity index (χ1v) is 8.82. The van der Waals surface area contributed by atoms with Gasteiger partial charge in [-0.3, -0.25) is 4.79 Å². The van der Waals surface area contributed by atoms with E-state index < -0.39 is 23.2 Å². The number of aryl methyl sites for hydroxylation is 1. The number of rotatable bonds is 2. The van der Waals surface area contributed by atoms with Gasteiger partial charge in [-0.25, -0.2) is 4.39 Å². The van der Waals surface area contributed by atoms with Crippen molar-refractivity contribution in [3.63, 3.8) is 0 Å². The second-order valence-corrected chi connectivity index (χ2v) is 8.05. The maximum Gasteiger partial charge on any atom is 0.174 e. The normalized spacial score (nSPS) is 24.5. The molecule has 0 amide bonds. The SMILES string of the molecule is Cc1ccc(-c2ccccc2F)cc1C1C(=O)C(C)(C)OC(C)(C)C1O. The summed E-state index contributed by atoms with van der Waals surface area (Å²) in [6.07, 6.45) is -0.988. The highest BCUT2D eigenvalue weighted by Crippen LogP contribution is 2.43. The fraction of sp³-hybridized carbons (Fsp3) is 0.409. The molecule has 1 heterocycles. The third-order valence-corrected chi connectivity index (χ3v) is 5.22. The molecule has 2 aromatic carbocycles. The van der Waals surface area contributed by atoms with E-state index in [1.165, 1.54) is 6.07 Å². The fourth-order valence-electron chi connectivity index (χ4n) is 3.84. The number of benzene rings is 2. The van der Waals surface area contributed by atoms with Crippen LogP contribution in [0.4, 0.5) is 4.39 Å². The van der Waals surface area contributed by atoms with Crippen LogP contribution in [0.3, 0.4) is 0 Å². The summed E-state index contributed by atoms with van der Waals surface area (Å²) >= 11 is 0. The molecule has 4 heteroatoms. The zero-order valence-corrected chi connectivity index (χ0v) is 15.8. The predicted molar refractivity (Wildman–Crippen MR) is 99.6 cm³/mol. The molecule has 1 aliphatic heterocycles. The van der Waals surface area contributed by atoms with Crippen molar-refractivity contribution in [3.05, 3.63) is 59.4 Å². The smallest absolute Gasteiger partial charge is 0.174 e. The minimum absolute atomic E-state index is 0.168. The summed E-state index contributed by atoms with van der Waals surface area (Å²) in [5.74, 6) is -1.21. The number of Topliss-reactive ketones (excluding diaryl/α,β-unsaturated/α-hetero) is 1. The average Bonchev–Trinajstić information content (AvgIpc) is 2.55. The quantitative estimate of drug-likeness (QED) is 0.867. The molecule has 1 saturated heterocycles. The molecule has 1 aliphatic rings. The van der Waals surface area contributed by atoms with Gasteiger partial charge in [0.05, 0.1) is 17.6 Å². The maximum atomic E-state index is 14.2. The van der Waals surface area contributed by atoms with E-state index in [0.717, 1.165) is 5.56 Å². The Morgan fingerprint density at radius 2 is 1.73 bits per heavy atom. The molecular formula is C22H25FO3. The monoisotopic (exact) mass is 356 g/mol. The largest absolute Gasteiger partial charge is 0.389 e. The minimum Gasteiger partial charge on any atom is -0.389 e. The van der Waals surface area contributed by atoms with E-state index in [-0.39, 0.29) is 11.6 Å². The van der Waals surface area contributed by atoms with Gasteiger partial charge in [0.2, 0.25) is 0 Å². The van der Waals surface area contributed by atoms with E-state index in [0.29, 0.717) is 16.7 Å². The van der Waals surface area contributed by atoms with Crippen LogP contribution in [0.15, 0.2) is 42.5 Å². The number of hydrogen-bond acceptors (Lipinski definition) is 3. The maximum absolute atomic E-state index is 14.2. The van der Waals surface area contributed by atoms with Crippen molar-refractivity contribution >= 4 is 5.78 Å². The summed E-state index contributed by atoms with van der Waals surface area (Å²) in [7, 11) is 0. The van der Waals surface area contributed by atoms with Gasteiger partial charge in [-0.05, 0) is 63.4 Å². The lowest BCUT2D eigenvalue weighted by Crippen LogP contribution is -2.60. The van der Waals surface area contributed by atoms with Crippen LogP contribution in [0.1, 0.15) is 44.7 Å². The lowest BCUT2D eigenvalue weighted by atomic mass is 9.72. The van der Waals surface area contributed by atoms with E-state index in [9.17, 15) is 14.3 Å². The number of aliphatic hydroxyl groups is 1. The van der Waals surface area contributed by atoms with Crippen molar-refractivity contribution in [1.29, 1.82) is 0 Å². The van der Waals surface area contributed by atoms with Crippen molar-refractivity contribution < 1.29 is 19.0 Å². The third-order valence-electron chi connectivity index (χ3n) is 5.22. The second-order valence-electron chi connectivity index (χ2n) is 8.05. The summed E-state index contributed by atoms with van der Waals surface area (Å²) in [4.78, 5) is 13.1. The standard InChI is InChI=1S/C22H25FO3/c1-13-10-11-14(15-8-6-7-9-17(15)23)12-16(13)18-19(24)21(2,3)26-22(4,5)20(18)25/h6-12,18-19,24H,1-5H3. The van der Waals surface area contributed by atoms with Crippen LogP contribution in [-0.2, 0) is 9.53 Å². The van der Waals surface area contributed by atoms with Crippen LogP contribution in [-0.4, -0.2) is 28.2 Å². The molecule has 138 valence electrons. The molecule has 3 nitrogen and oxygen atoms in total. The van der Waals surface area contributed by atoms with Crippen LogP contribution in [0.5, 0.6) is 0 Å². The Hall–Kier alpha value is -2.04. The van der Waals surface area contributed by atoms with Gasteiger partial charge in [0.1, 0.15) is 11.4 Å². The molecule has 0 aromatic heterocycles. The summed E-state index contributed by atoms with van der Waals surface area (Å²) < 4.78 is 20.1. The van der Waals surface area contributed by atoms with Gasteiger partial charge in [0, 0.05) is 5.56 Å². The number of carbonyl (C=O) groups is 1. The number of hydrogen-bond donors (Lipinski definition) is 1. The van der Waals surface area contributed by atoms with Gasteiger partial charge < -0.3 is 9.84 Å². The number of ketones is 1. The number of halogens is 1. The van der Waals surface area contributed by atoms with Crippen molar-refractivity contribution in [2.45, 2.75) is 57.8 Å². The van der Waals surface area contributed by atoms with Crippen molar-refractivity contribution in [2.24, 2.45) is 0 Å². The average molecular weight is 356 g/mol. The lowest BCUT2D eigenvalue weighted by Gasteiger charge is -2.47. The number of ether oxygens (including phenoxy) is 1. The Morgan fingerprint density at radius 3 is 2.38 bits per heavy atom. The van der Waals surface area contributed by atoms with Gasteiger partial charge in [-0.2, -0.15) is 0 Å². The molecule has 0 radical (unpaired) electrons. The minimum atomic E-state index is -1.01. The van der Waals surface area contributed by atoms with E-state index in [1.54, 1.807) is 45.9 Å². The molecule has 2 aromatic rings. The van der Waals surface area contributed by atoms with Crippen LogP contribution >= 0.6 is 0 Å². The van der Waals surface area contributed by atoms with E-state index >= 15 is 0 Å². The third kappa shape index (κ3) is 3.08. The Balaban J connectivity index is 2.15. The predicted octanol–water partition coefficient (Wildman–Crippen LogP) is 4.40. The van der Waals surface area contributed by atoms with Crippen molar-refractivity contribution in [3.8, 4) is 11.1 Å². The zero-order valence-electron chi connectivity index (χ0n) is 15.8. The molecule has 0 aliphatic carbocycles. The van der Waals surface area contributed by atoms with E-state index in [2.05, 4.69) is 0 Å². The molecule has 1 fully saturated rings. The second kappa shape index (κ2) is 6.29. The Labute approximate surface area is 153 Å². The molecule has 2 unspecified atom stereocenters. The molecule has 1 N–H and O–H groups in total. The molecular weight excluding hydrogens is 331 g/mol. The van der Waals surface area contributed by atoms with Gasteiger partial charge in [0.15, 0.2) is 5.78 Å². The lowest BCUT2D eigenvalue weighted by molar-refractivity contribution is -0.210. The van der Waals surface area contributed by atoms with Crippen molar-refractivity contribution in [2.75, 3.05) is 0 Å². The Bertz CT molecular complexity index is 854. The fourth-order valence-corrected chi connectivity index (χ4v) is 3.84. The number of carbonyl (C=O) groups excluding carboxylic acids is 1. The molecule has 0 saturated carbocycles. The summed E-state index contributed by atoms with van der Waals surface area (Å²) in [6, 6.07) is 12.1. The van der Waals surface area contributed by atoms with Gasteiger partial charge in [0.25, 0.3) is 0 Å². The van der Waals surface area contributed by atoms with Crippen LogP contribution in [0.2, 0.25) is 0 Å².